The third kappa shape index (κ3) is 5.29. The van der Waals surface area contributed by atoms with Gasteiger partial charge in [-0.25, -0.2) is 0 Å². The van der Waals surface area contributed by atoms with Gasteiger partial charge in [0.1, 0.15) is 6.61 Å². The molecule has 0 spiro atoms. The summed E-state index contributed by atoms with van der Waals surface area (Å²) in [5, 5.41) is 0. The molecule has 3 aliphatic rings. The Morgan fingerprint density at radius 1 is 0.897 bits per heavy atom. The van der Waals surface area contributed by atoms with Gasteiger partial charge >= 0.3 is 0 Å². The number of carbonyl (C=O) groups is 2. The van der Waals surface area contributed by atoms with E-state index in [1.807, 2.05) is 13.1 Å². The molecular weight excluding hydrogens is 601 g/mol. The molecule has 0 aromatic heterocycles. The number of hydrogen-bond acceptors (Lipinski definition) is 5. The van der Waals surface area contributed by atoms with Crippen molar-refractivity contribution in [3.8, 4) is 11.5 Å². The van der Waals surface area contributed by atoms with Crippen LogP contribution in [0.25, 0.3) is 0 Å². The molecule has 0 radical (unpaired) electrons. The van der Waals surface area contributed by atoms with Gasteiger partial charge in [0.15, 0.2) is 23.1 Å². The first-order chi connectivity index (χ1) is 18.3. The van der Waals surface area contributed by atoms with Crippen molar-refractivity contribution in [2.24, 2.45) is 10.8 Å². The number of rotatable bonds is 5. The topological polar surface area (TPSA) is 55.8 Å². The van der Waals surface area contributed by atoms with Crippen LogP contribution in [0.15, 0.2) is 58.9 Å². The highest BCUT2D eigenvalue weighted by atomic mass is 127. The van der Waals surface area contributed by atoms with Crippen molar-refractivity contribution in [3.05, 3.63) is 79.2 Å². The molecule has 0 bridgehead atoms. The number of nitrogens with zero attached hydrogens (tertiary/aromatic N) is 1. The van der Waals surface area contributed by atoms with Gasteiger partial charge in [-0.1, -0.05) is 57.5 Å². The van der Waals surface area contributed by atoms with Gasteiger partial charge in [-0.2, -0.15) is 0 Å². The molecule has 0 unspecified atom stereocenters. The van der Waals surface area contributed by atoms with Crippen LogP contribution in [0.2, 0.25) is 0 Å². The zero-order valence-corrected chi connectivity index (χ0v) is 26.2. The van der Waals surface area contributed by atoms with Crippen LogP contribution in [0.1, 0.15) is 76.0 Å². The van der Waals surface area contributed by atoms with E-state index in [1.165, 1.54) is 5.56 Å². The summed E-state index contributed by atoms with van der Waals surface area (Å²) in [6.45, 7) is 11.1. The fourth-order valence-electron chi connectivity index (χ4n) is 6.38. The van der Waals surface area contributed by atoms with Gasteiger partial charge in [-0.15, -0.1) is 0 Å². The number of allylic oxidation sites excluding steroid dienone is 4. The molecule has 0 saturated heterocycles. The SMILES string of the molecule is COc1cc(C2C3=C(CC(C)(C)CC3=O)N(C)C3=C2C(=O)CC(C)(C)C3)cc(I)c1OCc1ccc(C)cc1. The van der Waals surface area contributed by atoms with Gasteiger partial charge in [-0.05, 0) is 76.4 Å². The third-order valence-corrected chi connectivity index (χ3v) is 9.07. The molecule has 2 aromatic rings. The Morgan fingerprint density at radius 2 is 1.44 bits per heavy atom. The Balaban J connectivity index is 1.62. The highest BCUT2D eigenvalue weighted by molar-refractivity contribution is 14.1. The summed E-state index contributed by atoms with van der Waals surface area (Å²) in [6, 6.07) is 12.3. The molecule has 206 valence electrons. The van der Waals surface area contributed by atoms with Gasteiger partial charge in [-0.3, -0.25) is 9.59 Å². The summed E-state index contributed by atoms with van der Waals surface area (Å²) in [7, 11) is 3.68. The number of halogens is 1. The lowest BCUT2D eigenvalue weighted by Gasteiger charge is -2.48. The highest BCUT2D eigenvalue weighted by Gasteiger charge is 2.48. The van der Waals surface area contributed by atoms with E-state index < -0.39 is 5.92 Å². The predicted molar refractivity (Wildman–Crippen MR) is 162 cm³/mol. The van der Waals surface area contributed by atoms with E-state index in [9.17, 15) is 9.59 Å². The number of carbonyl (C=O) groups excluding carboxylic acids is 2. The van der Waals surface area contributed by atoms with Crippen molar-refractivity contribution in [2.75, 3.05) is 14.2 Å². The van der Waals surface area contributed by atoms with Gasteiger partial charge in [0, 0.05) is 48.3 Å². The van der Waals surface area contributed by atoms with Crippen molar-refractivity contribution in [3.63, 3.8) is 0 Å². The minimum atomic E-state index is -0.396. The number of ether oxygens (including phenoxy) is 2. The molecule has 0 atom stereocenters. The number of ketones is 2. The molecule has 1 aliphatic heterocycles. The minimum Gasteiger partial charge on any atom is -0.493 e. The second kappa shape index (κ2) is 10.1. The van der Waals surface area contributed by atoms with E-state index in [2.05, 4.69) is 92.4 Å². The lowest BCUT2D eigenvalue weighted by atomic mass is 9.64. The number of hydrogen-bond donors (Lipinski definition) is 0. The quantitative estimate of drug-likeness (QED) is 0.317. The Kier molecular flexibility index (Phi) is 7.23. The highest BCUT2D eigenvalue weighted by Crippen LogP contribution is 2.54. The normalized spacial score (nSPS) is 20.7. The molecule has 5 nitrogen and oxygen atoms in total. The number of aryl methyl sites for hydroxylation is 1. The van der Waals surface area contributed by atoms with Crippen LogP contribution in [-0.4, -0.2) is 30.6 Å². The van der Waals surface area contributed by atoms with E-state index in [1.54, 1.807) is 7.11 Å². The summed E-state index contributed by atoms with van der Waals surface area (Å²) >= 11 is 2.28. The Labute approximate surface area is 245 Å². The van der Waals surface area contributed by atoms with Crippen LogP contribution < -0.4 is 9.47 Å². The molecule has 6 heteroatoms. The number of benzene rings is 2. The van der Waals surface area contributed by atoms with Crippen LogP contribution in [-0.2, 0) is 16.2 Å². The van der Waals surface area contributed by atoms with Crippen LogP contribution in [0, 0.1) is 21.3 Å². The van der Waals surface area contributed by atoms with Crippen molar-refractivity contribution in [1.29, 1.82) is 0 Å². The molecular formula is C33H38INO4. The predicted octanol–water partition coefficient (Wildman–Crippen LogP) is 7.50. The lowest BCUT2D eigenvalue weighted by Crippen LogP contribution is -2.43. The second-order valence-corrected chi connectivity index (χ2v) is 14.1. The van der Waals surface area contributed by atoms with Crippen molar-refractivity contribution >= 4 is 34.2 Å². The average Bonchev–Trinajstić information content (AvgIpc) is 2.84. The van der Waals surface area contributed by atoms with E-state index >= 15 is 0 Å². The van der Waals surface area contributed by atoms with E-state index in [-0.39, 0.29) is 22.4 Å². The second-order valence-electron chi connectivity index (χ2n) is 12.9. The zero-order chi connectivity index (χ0) is 28.3. The first-order valence-electron chi connectivity index (χ1n) is 13.6. The van der Waals surface area contributed by atoms with Crippen LogP contribution in [0.4, 0.5) is 0 Å². The number of methoxy groups -OCH3 is 1. The standard InChI is InChI=1S/C33H38INO4/c1-19-8-10-20(11-9-19)18-39-31-22(34)12-21(13-27(31)38-7)28-29-23(14-32(2,3)16-25(29)36)35(6)24-15-33(4,5)17-26(37)30(24)28/h8-13,28H,14-18H2,1-7H3. The molecule has 0 saturated carbocycles. The first kappa shape index (κ1) is 27.9. The smallest absolute Gasteiger partial charge is 0.174 e. The third-order valence-electron chi connectivity index (χ3n) is 8.27. The molecule has 0 fully saturated rings. The van der Waals surface area contributed by atoms with Gasteiger partial charge in [0.25, 0.3) is 0 Å². The maximum absolute atomic E-state index is 13.8. The fourth-order valence-corrected chi connectivity index (χ4v) is 7.17. The fraction of sp³-hybridized carbons (Fsp3) is 0.455. The maximum Gasteiger partial charge on any atom is 0.174 e. The molecule has 2 aliphatic carbocycles. The lowest BCUT2D eigenvalue weighted by molar-refractivity contribution is -0.119. The molecule has 0 N–H and O–H groups in total. The number of Topliss-reactive ketones (excluding diaryl/α,β-unsaturated/α-hetero) is 2. The van der Waals surface area contributed by atoms with Crippen molar-refractivity contribution in [2.45, 2.75) is 72.8 Å². The van der Waals surface area contributed by atoms with Gasteiger partial charge in [0.05, 0.1) is 10.7 Å². The Bertz CT molecular complexity index is 1360. The van der Waals surface area contributed by atoms with Crippen LogP contribution in [0.5, 0.6) is 11.5 Å². The molecule has 2 aromatic carbocycles. The molecule has 39 heavy (non-hydrogen) atoms. The molecule has 0 amide bonds. The molecule has 5 rings (SSSR count). The molecule has 1 heterocycles. The summed E-state index contributed by atoms with van der Waals surface area (Å²) in [4.78, 5) is 29.8. The largest absolute Gasteiger partial charge is 0.493 e. The summed E-state index contributed by atoms with van der Waals surface area (Å²) < 4.78 is 13.0. The monoisotopic (exact) mass is 639 g/mol. The van der Waals surface area contributed by atoms with Crippen molar-refractivity contribution < 1.29 is 19.1 Å². The average molecular weight is 640 g/mol. The minimum absolute atomic E-state index is 0.124. The maximum atomic E-state index is 13.8. The van der Waals surface area contributed by atoms with E-state index in [0.717, 1.165) is 50.1 Å². The zero-order valence-electron chi connectivity index (χ0n) is 24.0. The Morgan fingerprint density at radius 3 is 1.95 bits per heavy atom. The Hall–Kier alpha value is -2.61. The van der Waals surface area contributed by atoms with E-state index in [4.69, 9.17) is 9.47 Å². The van der Waals surface area contributed by atoms with Gasteiger partial charge < -0.3 is 14.4 Å². The van der Waals surface area contributed by atoms with Crippen molar-refractivity contribution in [1.82, 2.24) is 4.90 Å². The first-order valence-corrected chi connectivity index (χ1v) is 14.7. The van der Waals surface area contributed by atoms with Gasteiger partial charge in [0.2, 0.25) is 0 Å². The van der Waals surface area contributed by atoms with Crippen LogP contribution in [0.3, 0.4) is 0 Å². The van der Waals surface area contributed by atoms with Crippen LogP contribution >= 0.6 is 22.6 Å². The van der Waals surface area contributed by atoms with E-state index in [0.29, 0.717) is 30.9 Å². The summed E-state index contributed by atoms with van der Waals surface area (Å²) in [5.74, 6) is 1.16. The summed E-state index contributed by atoms with van der Waals surface area (Å²) in [6.07, 6.45) is 2.56. The summed E-state index contributed by atoms with van der Waals surface area (Å²) in [5.41, 5.74) is 6.60.